The molecule has 4 aromatic rings. The van der Waals surface area contributed by atoms with E-state index >= 15 is 0 Å². The van der Waals surface area contributed by atoms with Gasteiger partial charge in [-0.1, -0.05) is 23.4 Å². The van der Waals surface area contributed by atoms with E-state index in [1.54, 1.807) is 6.33 Å². The maximum Gasteiger partial charge on any atom is 0.435 e. The molecule has 10 heteroatoms. The molecular weight excluding hydrogens is 433 g/mol. The van der Waals surface area contributed by atoms with Crippen LogP contribution in [0.4, 0.5) is 13.2 Å². The number of nitrogens with zero attached hydrogens (tertiary/aromatic N) is 5. The van der Waals surface area contributed by atoms with Gasteiger partial charge in [0, 0.05) is 24.5 Å². The second kappa shape index (κ2) is 8.68. The highest BCUT2D eigenvalue weighted by Gasteiger charge is 2.37. The summed E-state index contributed by atoms with van der Waals surface area (Å²) in [6, 6.07) is 11.0. The lowest BCUT2D eigenvalue weighted by Gasteiger charge is -2.11. The number of aryl methyl sites for hydroxylation is 2. The lowest BCUT2D eigenvalue weighted by atomic mass is 10.1. The van der Waals surface area contributed by atoms with Gasteiger partial charge >= 0.3 is 6.18 Å². The number of benzene rings is 1. The molecule has 0 bridgehead atoms. The number of pyridine rings is 1. The molecule has 0 aliphatic heterocycles. The van der Waals surface area contributed by atoms with Gasteiger partial charge in [0.2, 0.25) is 0 Å². The monoisotopic (exact) mass is 454 g/mol. The third-order valence-electron chi connectivity index (χ3n) is 5.54. The molecule has 170 valence electrons. The normalized spacial score (nSPS) is 13.9. The van der Waals surface area contributed by atoms with E-state index in [0.29, 0.717) is 23.9 Å². The van der Waals surface area contributed by atoms with Gasteiger partial charge in [0.15, 0.2) is 5.69 Å². The Morgan fingerprint density at radius 1 is 1.09 bits per heavy atom. The lowest BCUT2D eigenvalue weighted by Crippen LogP contribution is -2.07. The molecule has 3 heterocycles. The summed E-state index contributed by atoms with van der Waals surface area (Å²) in [6.45, 7) is 1.44. The fourth-order valence-electron chi connectivity index (χ4n) is 3.55. The van der Waals surface area contributed by atoms with Crippen molar-refractivity contribution in [1.82, 2.24) is 29.9 Å². The van der Waals surface area contributed by atoms with Crippen LogP contribution in [0, 0.1) is 5.92 Å². The maximum atomic E-state index is 13.2. The Hall–Kier alpha value is -3.69. The van der Waals surface area contributed by atoms with Crippen molar-refractivity contribution in [3.8, 4) is 28.4 Å². The van der Waals surface area contributed by atoms with Gasteiger partial charge in [-0.15, -0.1) is 5.10 Å². The molecule has 1 aromatic carbocycles. The Kier molecular flexibility index (Phi) is 5.57. The van der Waals surface area contributed by atoms with Crippen LogP contribution in [0.2, 0.25) is 0 Å². The third kappa shape index (κ3) is 4.89. The summed E-state index contributed by atoms with van der Waals surface area (Å²) in [5, 5.41) is 8.84. The highest BCUT2D eigenvalue weighted by atomic mass is 19.4. The predicted molar refractivity (Wildman–Crippen MR) is 114 cm³/mol. The molecule has 5 rings (SSSR count). The minimum absolute atomic E-state index is 0.261. The third-order valence-corrected chi connectivity index (χ3v) is 5.54. The topological polar surface area (TPSA) is 81.5 Å². The molecule has 0 amide bonds. The van der Waals surface area contributed by atoms with E-state index in [0.717, 1.165) is 24.3 Å². The summed E-state index contributed by atoms with van der Waals surface area (Å²) in [4.78, 5) is 8.65. The van der Waals surface area contributed by atoms with E-state index < -0.39 is 11.9 Å². The highest BCUT2D eigenvalue weighted by molar-refractivity contribution is 5.67. The number of nitrogens with one attached hydrogen (secondary N) is 1. The predicted octanol–water partition coefficient (Wildman–Crippen LogP) is 4.78. The largest absolute Gasteiger partial charge is 0.493 e. The number of hydrogen-bond donors (Lipinski definition) is 1. The molecule has 3 aromatic heterocycles. The van der Waals surface area contributed by atoms with Crippen LogP contribution in [-0.2, 0) is 19.1 Å². The number of imidazole rings is 1. The van der Waals surface area contributed by atoms with Gasteiger partial charge in [0.05, 0.1) is 18.6 Å². The molecule has 0 unspecified atom stereocenters. The summed E-state index contributed by atoms with van der Waals surface area (Å²) in [5.74, 6) is 1.59. The Morgan fingerprint density at radius 2 is 1.94 bits per heavy atom. The Labute approximate surface area is 187 Å². The zero-order chi connectivity index (χ0) is 22.8. The van der Waals surface area contributed by atoms with Crippen molar-refractivity contribution in [1.29, 1.82) is 0 Å². The second-order valence-corrected chi connectivity index (χ2v) is 8.07. The molecule has 0 radical (unpaired) electrons. The summed E-state index contributed by atoms with van der Waals surface area (Å²) in [5.41, 5.74) is 1.14. The van der Waals surface area contributed by atoms with Gasteiger partial charge in [-0.05, 0) is 48.9 Å². The number of H-pyrrole nitrogens is 1. The number of alkyl halides is 3. The number of hydrogen-bond acceptors (Lipinski definition) is 5. The van der Waals surface area contributed by atoms with E-state index in [1.807, 2.05) is 34.1 Å². The highest BCUT2D eigenvalue weighted by Crippen LogP contribution is 2.35. The van der Waals surface area contributed by atoms with Crippen LogP contribution in [0.15, 0.2) is 55.1 Å². The molecule has 1 fully saturated rings. The summed E-state index contributed by atoms with van der Waals surface area (Å²) >= 11 is 0. The number of halogens is 3. The molecule has 1 aliphatic carbocycles. The first kappa shape index (κ1) is 21.2. The molecule has 0 atom stereocenters. The zero-order valence-electron chi connectivity index (χ0n) is 17.6. The van der Waals surface area contributed by atoms with Crippen molar-refractivity contribution in [2.24, 2.45) is 5.92 Å². The molecule has 7 nitrogen and oxygen atoms in total. The minimum atomic E-state index is -4.58. The number of ether oxygens (including phenoxy) is 1. The average molecular weight is 454 g/mol. The molecule has 33 heavy (non-hydrogen) atoms. The average Bonchev–Trinajstić information content (AvgIpc) is 3.29. The van der Waals surface area contributed by atoms with Crippen molar-refractivity contribution in [2.45, 2.75) is 32.0 Å². The number of aromatic nitrogens is 6. The van der Waals surface area contributed by atoms with Gasteiger partial charge in [-0.2, -0.15) is 13.2 Å². The first-order chi connectivity index (χ1) is 16.0. The summed E-state index contributed by atoms with van der Waals surface area (Å²) in [6.07, 6.45) is 3.61. The van der Waals surface area contributed by atoms with Crippen molar-refractivity contribution in [2.75, 3.05) is 6.61 Å². The SMILES string of the molecule is FC(F)(F)c1[nH]nnc1-c1ccnc(-c2cn(CCc3ccccc3OCC3CC3)cn2)c1. The van der Waals surface area contributed by atoms with Gasteiger partial charge in [-0.25, -0.2) is 4.98 Å². The second-order valence-electron chi connectivity index (χ2n) is 8.07. The van der Waals surface area contributed by atoms with Crippen molar-refractivity contribution in [3.63, 3.8) is 0 Å². The van der Waals surface area contributed by atoms with Gasteiger partial charge in [-0.3, -0.25) is 10.1 Å². The quantitative estimate of drug-likeness (QED) is 0.414. The Bertz CT molecular complexity index is 1240. The van der Waals surface area contributed by atoms with E-state index in [1.165, 1.54) is 31.2 Å². The van der Waals surface area contributed by atoms with Gasteiger partial charge in [0.25, 0.3) is 0 Å². The van der Waals surface area contributed by atoms with E-state index in [-0.39, 0.29) is 11.3 Å². The van der Waals surface area contributed by atoms with Gasteiger partial charge in [0.1, 0.15) is 17.1 Å². The van der Waals surface area contributed by atoms with Crippen LogP contribution in [0.25, 0.3) is 22.6 Å². The molecule has 1 aliphatic rings. The van der Waals surface area contributed by atoms with Crippen LogP contribution < -0.4 is 4.74 Å². The molecule has 0 saturated heterocycles. The van der Waals surface area contributed by atoms with Crippen molar-refractivity contribution < 1.29 is 17.9 Å². The van der Waals surface area contributed by atoms with Crippen LogP contribution >= 0.6 is 0 Å². The number of para-hydroxylation sites is 1. The lowest BCUT2D eigenvalue weighted by molar-refractivity contribution is -0.140. The molecule has 1 N–H and O–H groups in total. The fraction of sp³-hybridized carbons (Fsp3) is 0.304. The van der Waals surface area contributed by atoms with E-state index in [2.05, 4.69) is 26.3 Å². The summed E-state index contributed by atoms with van der Waals surface area (Å²) < 4.78 is 47.5. The number of rotatable bonds is 8. The maximum absolute atomic E-state index is 13.2. The van der Waals surface area contributed by atoms with Crippen molar-refractivity contribution in [3.05, 3.63) is 66.4 Å². The van der Waals surface area contributed by atoms with Crippen LogP contribution in [0.1, 0.15) is 24.1 Å². The van der Waals surface area contributed by atoms with Gasteiger partial charge < -0.3 is 9.30 Å². The van der Waals surface area contributed by atoms with Crippen LogP contribution in [-0.4, -0.2) is 36.6 Å². The van der Waals surface area contributed by atoms with Crippen molar-refractivity contribution >= 4 is 0 Å². The fourth-order valence-corrected chi connectivity index (χ4v) is 3.55. The number of aromatic amines is 1. The van der Waals surface area contributed by atoms with E-state index in [9.17, 15) is 13.2 Å². The first-order valence-corrected chi connectivity index (χ1v) is 10.6. The zero-order valence-corrected chi connectivity index (χ0v) is 17.6. The Balaban J connectivity index is 1.30. The smallest absolute Gasteiger partial charge is 0.435 e. The molecular formula is C23H21F3N6O. The first-order valence-electron chi connectivity index (χ1n) is 10.6. The Morgan fingerprint density at radius 3 is 2.76 bits per heavy atom. The standard InChI is InChI=1S/C23H21F3N6O/c24-23(25,26)22-21(29-31-30-22)17-7-9-27-18(11-17)19-12-32(14-28-19)10-8-16-3-1-2-4-20(16)33-13-15-5-6-15/h1-4,7,9,11-12,14-15H,5-6,8,10,13H2,(H,29,30,31). The molecule has 1 saturated carbocycles. The minimum Gasteiger partial charge on any atom is -0.493 e. The summed E-state index contributed by atoms with van der Waals surface area (Å²) in [7, 11) is 0. The molecule has 0 spiro atoms. The van der Waals surface area contributed by atoms with Crippen LogP contribution in [0.3, 0.4) is 0 Å². The van der Waals surface area contributed by atoms with E-state index in [4.69, 9.17) is 4.74 Å². The van der Waals surface area contributed by atoms with Crippen LogP contribution in [0.5, 0.6) is 5.75 Å².